The zero-order valence-corrected chi connectivity index (χ0v) is 15.9. The second kappa shape index (κ2) is 7.29. The van der Waals surface area contributed by atoms with Gasteiger partial charge in [0.15, 0.2) is 11.3 Å². The summed E-state index contributed by atoms with van der Waals surface area (Å²) in [5, 5.41) is 17.9. The van der Waals surface area contributed by atoms with Gasteiger partial charge >= 0.3 is 0 Å². The van der Waals surface area contributed by atoms with Crippen LogP contribution in [0.4, 0.5) is 0 Å². The molecule has 0 unspecified atom stereocenters. The van der Waals surface area contributed by atoms with Crippen LogP contribution in [0.15, 0.2) is 79.3 Å². The lowest BCUT2D eigenvalue weighted by atomic mass is 10.0. The van der Waals surface area contributed by atoms with Gasteiger partial charge in [-0.3, -0.25) is 4.79 Å². The van der Waals surface area contributed by atoms with Gasteiger partial charge in [0.05, 0.1) is 11.6 Å². The van der Waals surface area contributed by atoms with Gasteiger partial charge in [0.25, 0.3) is 5.91 Å². The average molecular weight is 395 g/mol. The molecule has 2 aromatic carbocycles. The van der Waals surface area contributed by atoms with E-state index in [1.54, 1.807) is 12.3 Å². The molecular weight excluding hydrogens is 378 g/mol. The van der Waals surface area contributed by atoms with Gasteiger partial charge in [0.2, 0.25) is 0 Å². The molecule has 0 aliphatic heterocycles. The first-order valence-electron chi connectivity index (χ1n) is 9.44. The zero-order chi connectivity index (χ0) is 20.5. The van der Waals surface area contributed by atoms with Crippen molar-refractivity contribution in [3.05, 3.63) is 90.4 Å². The SMILES string of the molecule is O=C(NCc1ccc(-c2ccccc2)cc1)c1cnc2c(cnc3ccnn32)c1O. The zero-order valence-electron chi connectivity index (χ0n) is 15.9. The average Bonchev–Trinajstić information content (AvgIpc) is 3.28. The predicted octanol–water partition coefficient (Wildman–Crippen LogP) is 3.58. The van der Waals surface area contributed by atoms with Crippen molar-refractivity contribution < 1.29 is 9.90 Å². The lowest BCUT2D eigenvalue weighted by Gasteiger charge is -2.09. The molecule has 0 spiro atoms. The van der Waals surface area contributed by atoms with Crippen LogP contribution in [0.25, 0.3) is 27.8 Å². The van der Waals surface area contributed by atoms with Crippen LogP contribution in [0.3, 0.4) is 0 Å². The summed E-state index contributed by atoms with van der Waals surface area (Å²) in [5.74, 6) is -0.573. The fraction of sp³-hybridized carbons (Fsp3) is 0.0435. The van der Waals surface area contributed by atoms with Crippen molar-refractivity contribution in [3.8, 4) is 16.9 Å². The van der Waals surface area contributed by atoms with Crippen molar-refractivity contribution in [2.45, 2.75) is 6.54 Å². The van der Waals surface area contributed by atoms with Crippen molar-refractivity contribution in [2.75, 3.05) is 0 Å². The van der Waals surface area contributed by atoms with Gasteiger partial charge in [-0.1, -0.05) is 54.6 Å². The number of aromatic nitrogens is 4. The van der Waals surface area contributed by atoms with Crippen LogP contribution in [0, 0.1) is 0 Å². The van der Waals surface area contributed by atoms with Crippen molar-refractivity contribution >= 4 is 22.6 Å². The van der Waals surface area contributed by atoms with Gasteiger partial charge in [0.1, 0.15) is 11.3 Å². The summed E-state index contributed by atoms with van der Waals surface area (Å²) in [6.45, 7) is 0.335. The van der Waals surface area contributed by atoms with Gasteiger partial charge < -0.3 is 10.4 Å². The minimum absolute atomic E-state index is 0.0942. The number of hydrogen-bond donors (Lipinski definition) is 2. The van der Waals surface area contributed by atoms with Crippen LogP contribution >= 0.6 is 0 Å². The van der Waals surface area contributed by atoms with E-state index in [1.807, 2.05) is 42.5 Å². The number of hydrogen-bond acceptors (Lipinski definition) is 5. The molecule has 1 amide bonds. The van der Waals surface area contributed by atoms with Crippen LogP contribution in [0.5, 0.6) is 5.75 Å². The Morgan fingerprint density at radius 3 is 2.50 bits per heavy atom. The third kappa shape index (κ3) is 3.12. The molecule has 7 heteroatoms. The molecule has 146 valence electrons. The largest absolute Gasteiger partial charge is 0.506 e. The maximum absolute atomic E-state index is 12.6. The topological polar surface area (TPSA) is 92.4 Å². The summed E-state index contributed by atoms with van der Waals surface area (Å²) in [7, 11) is 0. The van der Waals surface area contributed by atoms with E-state index < -0.39 is 5.91 Å². The highest BCUT2D eigenvalue weighted by atomic mass is 16.3. The number of carbonyl (C=O) groups is 1. The van der Waals surface area contributed by atoms with Crippen molar-refractivity contribution in [1.29, 1.82) is 0 Å². The molecule has 0 radical (unpaired) electrons. The molecule has 0 saturated heterocycles. The quantitative estimate of drug-likeness (QED) is 0.485. The molecule has 0 atom stereocenters. The third-order valence-corrected chi connectivity index (χ3v) is 4.98. The lowest BCUT2D eigenvalue weighted by Crippen LogP contribution is -2.23. The first-order valence-corrected chi connectivity index (χ1v) is 9.44. The Hall–Kier alpha value is -4.26. The second-order valence-corrected chi connectivity index (χ2v) is 6.86. The lowest BCUT2D eigenvalue weighted by molar-refractivity contribution is 0.0948. The van der Waals surface area contributed by atoms with Gasteiger partial charge in [0, 0.05) is 25.0 Å². The Balaban J connectivity index is 1.34. The maximum atomic E-state index is 12.6. The molecule has 0 saturated carbocycles. The standard InChI is InChI=1S/C23H17N5O2/c29-21-18-13-24-20-10-11-27-28(20)22(18)25-14-19(21)23(30)26-12-15-6-8-17(9-7-15)16-4-2-1-3-5-16/h1-11,13-14H,12H2,(H,25,29)(H,26,30). The number of fused-ring (bicyclic) bond motifs is 3. The van der Waals surface area contributed by atoms with Gasteiger partial charge in [-0.15, -0.1) is 0 Å². The number of rotatable bonds is 4. The van der Waals surface area contributed by atoms with E-state index in [2.05, 4.69) is 32.5 Å². The number of pyridine rings is 1. The molecule has 3 heterocycles. The normalized spacial score (nSPS) is 11.1. The van der Waals surface area contributed by atoms with Crippen LogP contribution in [0.1, 0.15) is 15.9 Å². The Kier molecular flexibility index (Phi) is 4.33. The highest BCUT2D eigenvalue weighted by Gasteiger charge is 2.17. The van der Waals surface area contributed by atoms with Crippen LogP contribution in [0.2, 0.25) is 0 Å². The third-order valence-electron chi connectivity index (χ3n) is 4.98. The molecule has 30 heavy (non-hydrogen) atoms. The van der Waals surface area contributed by atoms with Gasteiger partial charge in [-0.25, -0.2) is 9.97 Å². The summed E-state index contributed by atoms with van der Waals surface area (Å²) < 4.78 is 1.52. The van der Waals surface area contributed by atoms with E-state index in [-0.39, 0.29) is 11.3 Å². The highest BCUT2D eigenvalue weighted by Crippen LogP contribution is 2.26. The summed E-state index contributed by atoms with van der Waals surface area (Å²) in [4.78, 5) is 21.2. The van der Waals surface area contributed by atoms with Gasteiger partial charge in [-0.2, -0.15) is 9.61 Å². The van der Waals surface area contributed by atoms with Crippen LogP contribution in [-0.4, -0.2) is 30.6 Å². The van der Waals surface area contributed by atoms with Crippen molar-refractivity contribution in [1.82, 2.24) is 24.9 Å². The van der Waals surface area contributed by atoms with E-state index in [4.69, 9.17) is 0 Å². The van der Waals surface area contributed by atoms with Crippen LogP contribution in [-0.2, 0) is 6.54 Å². The van der Waals surface area contributed by atoms with Crippen molar-refractivity contribution in [2.24, 2.45) is 0 Å². The van der Waals surface area contributed by atoms with Crippen molar-refractivity contribution in [3.63, 3.8) is 0 Å². The fourth-order valence-corrected chi connectivity index (χ4v) is 3.37. The van der Waals surface area contributed by atoms with E-state index >= 15 is 0 Å². The van der Waals surface area contributed by atoms with E-state index in [9.17, 15) is 9.90 Å². The Morgan fingerprint density at radius 2 is 1.70 bits per heavy atom. The predicted molar refractivity (Wildman–Crippen MR) is 113 cm³/mol. The minimum atomic E-state index is -0.408. The molecule has 5 aromatic rings. The molecule has 2 N–H and O–H groups in total. The Morgan fingerprint density at radius 1 is 0.933 bits per heavy atom. The maximum Gasteiger partial charge on any atom is 0.256 e. The number of nitrogens with zero attached hydrogens (tertiary/aromatic N) is 4. The fourth-order valence-electron chi connectivity index (χ4n) is 3.37. The summed E-state index contributed by atoms with van der Waals surface area (Å²) in [5.41, 5.74) is 4.36. The molecule has 7 nitrogen and oxygen atoms in total. The number of amides is 1. The van der Waals surface area contributed by atoms with E-state index in [0.29, 0.717) is 23.2 Å². The number of carbonyl (C=O) groups excluding carboxylic acids is 1. The highest BCUT2D eigenvalue weighted by molar-refractivity contribution is 6.01. The number of benzene rings is 2. The summed E-state index contributed by atoms with van der Waals surface area (Å²) in [6, 6.07) is 19.8. The van der Waals surface area contributed by atoms with Crippen LogP contribution < -0.4 is 5.32 Å². The van der Waals surface area contributed by atoms with E-state index in [1.165, 1.54) is 16.9 Å². The van der Waals surface area contributed by atoms with Gasteiger partial charge in [-0.05, 0) is 16.7 Å². The molecule has 0 aliphatic carbocycles. The molecular formula is C23H17N5O2. The Bertz CT molecular complexity index is 1360. The minimum Gasteiger partial charge on any atom is -0.506 e. The number of nitrogens with one attached hydrogen (secondary N) is 1. The Labute approximate surface area is 171 Å². The first kappa shape index (κ1) is 17.8. The van der Waals surface area contributed by atoms with E-state index in [0.717, 1.165) is 16.7 Å². The molecule has 0 fully saturated rings. The summed E-state index contributed by atoms with van der Waals surface area (Å²) in [6.07, 6.45) is 4.45. The molecule has 5 rings (SSSR count). The molecule has 3 aromatic heterocycles. The summed E-state index contributed by atoms with van der Waals surface area (Å²) >= 11 is 0. The second-order valence-electron chi connectivity index (χ2n) is 6.86. The smallest absolute Gasteiger partial charge is 0.256 e. The molecule has 0 bridgehead atoms. The first-order chi connectivity index (χ1) is 14.7. The monoisotopic (exact) mass is 395 g/mol. The number of aromatic hydroxyl groups is 1. The molecule has 0 aliphatic rings.